The summed E-state index contributed by atoms with van der Waals surface area (Å²) in [6.45, 7) is 8.53. The zero-order valence-corrected chi connectivity index (χ0v) is 24.2. The summed E-state index contributed by atoms with van der Waals surface area (Å²) in [6, 6.07) is 12.5. The summed E-state index contributed by atoms with van der Waals surface area (Å²) in [6.07, 6.45) is 2.93. The number of phenolic OH excluding ortho intramolecular Hbond substituents is 1. The van der Waals surface area contributed by atoms with Crippen LogP contribution in [0.2, 0.25) is 10.0 Å². The highest BCUT2D eigenvalue weighted by Gasteiger charge is 2.64. The van der Waals surface area contributed by atoms with E-state index in [0.717, 1.165) is 35.1 Å². The normalized spacial score (nSPS) is 29.0. The second kappa shape index (κ2) is 11.1. The van der Waals surface area contributed by atoms with Crippen LogP contribution in [0, 0.1) is 5.92 Å². The van der Waals surface area contributed by atoms with Crippen LogP contribution < -0.4 is 5.32 Å². The number of fused-ring (bicyclic) bond motifs is 1. The lowest BCUT2D eigenvalue weighted by Crippen LogP contribution is -2.73. The van der Waals surface area contributed by atoms with E-state index < -0.39 is 11.0 Å². The Labute approximate surface area is 235 Å². The molecule has 1 heterocycles. The van der Waals surface area contributed by atoms with E-state index in [-0.39, 0.29) is 30.1 Å². The molecule has 206 valence electrons. The number of likely N-dealkylation sites (tertiary alicyclic amines) is 1. The van der Waals surface area contributed by atoms with E-state index in [0.29, 0.717) is 41.8 Å². The highest BCUT2D eigenvalue weighted by molar-refractivity contribution is 6.42. The number of hydrogen-bond acceptors (Lipinski definition) is 4. The lowest BCUT2D eigenvalue weighted by Gasteiger charge is -2.61. The van der Waals surface area contributed by atoms with Gasteiger partial charge in [0.15, 0.2) is 5.60 Å². The molecule has 38 heavy (non-hydrogen) atoms. The maximum absolute atomic E-state index is 13.1. The Balaban J connectivity index is 1.66. The number of aromatic hydroxyl groups is 1. The monoisotopic (exact) mass is 561 g/mol. The molecule has 1 aliphatic heterocycles. The molecular formula is C30H39Cl2N2O4+. The van der Waals surface area contributed by atoms with E-state index >= 15 is 0 Å². The van der Waals surface area contributed by atoms with E-state index in [9.17, 15) is 14.7 Å². The van der Waals surface area contributed by atoms with E-state index in [4.69, 9.17) is 27.9 Å². The number of amides is 1. The lowest BCUT2D eigenvalue weighted by atomic mass is 9.54. The topological polar surface area (TPSA) is 75.6 Å². The summed E-state index contributed by atoms with van der Waals surface area (Å²) in [5, 5.41) is 14.6. The van der Waals surface area contributed by atoms with Crippen molar-refractivity contribution in [1.82, 2.24) is 5.32 Å². The number of quaternary nitrogens is 1. The number of hydrogen-bond donors (Lipinski definition) is 2. The lowest BCUT2D eigenvalue weighted by molar-refractivity contribution is -0.925. The summed E-state index contributed by atoms with van der Waals surface area (Å²) in [5.74, 6) is 0.300. The number of piperidine rings is 1. The first-order valence-electron chi connectivity index (χ1n) is 13.4. The van der Waals surface area contributed by atoms with Crippen molar-refractivity contribution in [1.29, 1.82) is 0 Å². The molecule has 4 atom stereocenters. The van der Waals surface area contributed by atoms with Crippen molar-refractivity contribution in [2.45, 2.75) is 69.9 Å². The Morgan fingerprint density at radius 3 is 2.58 bits per heavy atom. The van der Waals surface area contributed by atoms with Gasteiger partial charge in [0.1, 0.15) is 12.3 Å². The fourth-order valence-electron chi connectivity index (χ4n) is 7.13. The summed E-state index contributed by atoms with van der Waals surface area (Å²) in [7, 11) is 2.25. The summed E-state index contributed by atoms with van der Waals surface area (Å²) < 4.78 is 7.17. The van der Waals surface area contributed by atoms with Crippen molar-refractivity contribution in [2.24, 2.45) is 5.92 Å². The number of esters is 1. The highest BCUT2D eigenvalue weighted by Crippen LogP contribution is 2.55. The number of nitrogens with one attached hydrogen (secondary N) is 1. The van der Waals surface area contributed by atoms with Gasteiger partial charge in [-0.05, 0) is 54.7 Å². The molecule has 2 fully saturated rings. The molecular weight excluding hydrogens is 523 g/mol. The molecule has 2 aromatic carbocycles. The van der Waals surface area contributed by atoms with Crippen LogP contribution in [0.1, 0.15) is 57.6 Å². The molecule has 1 unspecified atom stereocenters. The average Bonchev–Trinajstić information content (AvgIpc) is 2.80. The maximum atomic E-state index is 13.1. The molecule has 4 rings (SSSR count). The van der Waals surface area contributed by atoms with Crippen LogP contribution >= 0.6 is 23.2 Å². The van der Waals surface area contributed by atoms with E-state index in [1.807, 2.05) is 18.2 Å². The number of carbonyl (C=O) groups excluding carboxylic acids is 2. The van der Waals surface area contributed by atoms with Crippen molar-refractivity contribution in [2.75, 3.05) is 26.7 Å². The number of halogens is 2. The van der Waals surface area contributed by atoms with Crippen molar-refractivity contribution in [3.05, 3.63) is 63.6 Å². The smallest absolute Gasteiger partial charge is 0.303 e. The summed E-state index contributed by atoms with van der Waals surface area (Å²) >= 11 is 12.2. The molecule has 0 spiro atoms. The number of benzene rings is 2. The fourth-order valence-corrected chi connectivity index (χ4v) is 7.45. The molecule has 1 amide bonds. The number of carbonyl (C=O) groups is 2. The SMILES string of the molecule is CC(=O)OC12CC[C@@H](NC(=O)Cc3ccc(Cl)c(Cl)c3)C[C@@]1(c1cccc(O)c1)CC[N@@+](C)(CC(C)C)C2. The molecule has 0 radical (unpaired) electrons. The zero-order valence-electron chi connectivity index (χ0n) is 22.7. The van der Waals surface area contributed by atoms with Gasteiger partial charge in [-0.2, -0.15) is 0 Å². The van der Waals surface area contributed by atoms with Gasteiger partial charge in [-0.25, -0.2) is 0 Å². The predicted molar refractivity (Wildman–Crippen MR) is 150 cm³/mol. The molecule has 8 heteroatoms. The number of phenols is 1. The van der Waals surface area contributed by atoms with Crippen LogP contribution in [0.3, 0.4) is 0 Å². The Hall–Kier alpha value is -2.28. The van der Waals surface area contributed by atoms with Gasteiger partial charge in [-0.1, -0.05) is 55.2 Å². The third-order valence-electron chi connectivity index (χ3n) is 8.34. The molecule has 2 aromatic rings. The largest absolute Gasteiger partial charge is 0.508 e. The van der Waals surface area contributed by atoms with E-state index in [1.165, 1.54) is 6.92 Å². The minimum atomic E-state index is -0.737. The third-order valence-corrected chi connectivity index (χ3v) is 9.08. The quantitative estimate of drug-likeness (QED) is 0.338. The Morgan fingerprint density at radius 2 is 1.92 bits per heavy atom. The fraction of sp³-hybridized carbons (Fsp3) is 0.533. The van der Waals surface area contributed by atoms with Gasteiger partial charge in [-0.15, -0.1) is 0 Å². The van der Waals surface area contributed by atoms with Crippen molar-refractivity contribution >= 4 is 35.1 Å². The van der Waals surface area contributed by atoms with Crippen molar-refractivity contribution in [3.63, 3.8) is 0 Å². The maximum Gasteiger partial charge on any atom is 0.303 e. The minimum absolute atomic E-state index is 0.0873. The Bertz CT molecular complexity index is 1200. The highest BCUT2D eigenvalue weighted by atomic mass is 35.5. The number of likely N-dealkylation sites (N-methyl/N-ethyl adjacent to an activating group) is 1. The second-order valence-electron chi connectivity index (χ2n) is 12.0. The van der Waals surface area contributed by atoms with Crippen LogP contribution in [0.15, 0.2) is 42.5 Å². The van der Waals surface area contributed by atoms with Crippen molar-refractivity contribution in [3.8, 4) is 5.75 Å². The third kappa shape index (κ3) is 5.98. The summed E-state index contributed by atoms with van der Waals surface area (Å²) in [4.78, 5) is 25.7. The molecule has 1 aliphatic carbocycles. The molecule has 6 nitrogen and oxygen atoms in total. The van der Waals surface area contributed by atoms with Gasteiger partial charge in [0, 0.05) is 30.7 Å². The molecule has 1 saturated carbocycles. The van der Waals surface area contributed by atoms with Gasteiger partial charge < -0.3 is 19.6 Å². The van der Waals surface area contributed by atoms with Gasteiger partial charge in [0.05, 0.1) is 36.6 Å². The standard InChI is InChI=1S/C30H38Cl2N2O4/c1-20(2)18-34(4)13-12-29(23-6-5-7-25(36)16-23)17-24(10-11-30(29,19-34)38-21(3)35)33-28(37)15-22-8-9-26(31)27(32)14-22/h5-9,14,16,20,24H,10-13,15,17-19H2,1-4H3,(H-,33,36,37)/p+1/t24-,29-,30?,34+/m1/s1. The van der Waals surface area contributed by atoms with Gasteiger partial charge in [-0.3, -0.25) is 9.59 Å². The first kappa shape index (κ1) is 28.7. The molecule has 1 saturated heterocycles. The Kier molecular flexibility index (Phi) is 8.37. The van der Waals surface area contributed by atoms with Gasteiger partial charge in [0.25, 0.3) is 0 Å². The van der Waals surface area contributed by atoms with E-state index in [1.54, 1.807) is 24.3 Å². The van der Waals surface area contributed by atoms with Crippen LogP contribution in [0.4, 0.5) is 0 Å². The molecule has 2 N–H and O–H groups in total. The van der Waals surface area contributed by atoms with Crippen LogP contribution in [-0.2, 0) is 26.2 Å². The molecule has 2 aliphatic rings. The number of ether oxygens (including phenoxy) is 1. The number of nitrogens with zero attached hydrogens (tertiary/aromatic N) is 1. The Morgan fingerprint density at radius 1 is 1.16 bits per heavy atom. The predicted octanol–water partition coefficient (Wildman–Crippen LogP) is 5.66. The first-order valence-corrected chi connectivity index (χ1v) is 14.2. The zero-order chi connectivity index (χ0) is 27.7. The molecule has 0 bridgehead atoms. The first-order chi connectivity index (χ1) is 17.9. The van der Waals surface area contributed by atoms with Crippen LogP contribution in [0.5, 0.6) is 5.75 Å². The van der Waals surface area contributed by atoms with Crippen LogP contribution in [0.25, 0.3) is 0 Å². The number of rotatable bonds is 7. The summed E-state index contributed by atoms with van der Waals surface area (Å²) in [5.41, 5.74) is 0.479. The minimum Gasteiger partial charge on any atom is -0.508 e. The van der Waals surface area contributed by atoms with Crippen LogP contribution in [-0.4, -0.2) is 59.8 Å². The van der Waals surface area contributed by atoms with Crippen molar-refractivity contribution < 1.29 is 23.9 Å². The second-order valence-corrected chi connectivity index (χ2v) is 12.8. The average molecular weight is 563 g/mol. The van der Waals surface area contributed by atoms with Gasteiger partial charge in [0.2, 0.25) is 5.91 Å². The van der Waals surface area contributed by atoms with Gasteiger partial charge >= 0.3 is 5.97 Å². The van der Waals surface area contributed by atoms with E-state index in [2.05, 4.69) is 26.2 Å². The molecule has 0 aromatic heterocycles.